The standard InChI is InChI=1S/C21H25NO2.C11H22N2O/c1-2-15-11-13-22(14-12-15)21(23)20-16-7-3-5-9-18(16)24-19-10-6-4-8-17(19)20;1-6-10(12)13-11(5,9(4)14)7-8(2)3/h3-10,15-16,18,20H,2,11-14H2,1H3;8H,6-7H2,1-5H3,(H2,12,13). The number of ether oxygens (including phenoxy) is 1. The van der Waals surface area contributed by atoms with Crippen LogP contribution in [0.25, 0.3) is 0 Å². The van der Waals surface area contributed by atoms with Gasteiger partial charge in [-0.15, -0.1) is 0 Å². The number of nitrogens with zero attached hydrogens (tertiary/aromatic N) is 2. The van der Waals surface area contributed by atoms with Crippen LogP contribution in [0.15, 0.2) is 53.6 Å². The number of aliphatic imine (C=N–C) groups is 1. The Labute approximate surface area is 229 Å². The predicted molar refractivity (Wildman–Crippen MR) is 155 cm³/mol. The monoisotopic (exact) mass is 521 g/mol. The molecule has 0 bridgehead atoms. The molecule has 6 nitrogen and oxygen atoms in total. The number of likely N-dealkylation sites (tertiary alicyclic amines) is 1. The number of carbonyl (C=O) groups excluding carboxylic acids is 2. The second-order valence-corrected chi connectivity index (χ2v) is 11.5. The van der Waals surface area contributed by atoms with Crippen LogP contribution in [-0.4, -0.2) is 47.2 Å². The van der Waals surface area contributed by atoms with Gasteiger partial charge in [-0.25, -0.2) is 0 Å². The third-order valence-corrected chi connectivity index (χ3v) is 8.11. The minimum absolute atomic E-state index is 0.0352. The lowest BCUT2D eigenvalue weighted by Crippen LogP contribution is -2.46. The van der Waals surface area contributed by atoms with Gasteiger partial charge in [-0.1, -0.05) is 70.5 Å². The van der Waals surface area contributed by atoms with Gasteiger partial charge in [0.25, 0.3) is 0 Å². The molecule has 1 aliphatic carbocycles. The summed E-state index contributed by atoms with van der Waals surface area (Å²) in [6, 6.07) is 8.03. The van der Waals surface area contributed by atoms with Crippen LogP contribution in [0.3, 0.4) is 0 Å². The van der Waals surface area contributed by atoms with Crippen LogP contribution in [0.4, 0.5) is 0 Å². The van der Waals surface area contributed by atoms with Crippen molar-refractivity contribution in [1.82, 2.24) is 4.90 Å². The minimum Gasteiger partial charge on any atom is -0.485 e. The summed E-state index contributed by atoms with van der Waals surface area (Å²) in [5, 5.41) is 0. The molecule has 4 atom stereocenters. The first-order valence-corrected chi connectivity index (χ1v) is 14.3. The number of piperidine rings is 1. The number of rotatable bonds is 7. The summed E-state index contributed by atoms with van der Waals surface area (Å²) in [4.78, 5) is 31.3. The van der Waals surface area contributed by atoms with Gasteiger partial charge in [0, 0.05) is 31.0 Å². The zero-order valence-corrected chi connectivity index (χ0v) is 24.2. The topological polar surface area (TPSA) is 85.0 Å². The Bertz CT molecular complexity index is 1050. The van der Waals surface area contributed by atoms with E-state index < -0.39 is 5.54 Å². The average molecular weight is 522 g/mol. The maximum absolute atomic E-state index is 13.4. The first kappa shape index (κ1) is 29.7. The molecule has 0 spiro atoms. The summed E-state index contributed by atoms with van der Waals surface area (Å²) in [6.07, 6.45) is 13.2. The van der Waals surface area contributed by atoms with Crippen molar-refractivity contribution >= 4 is 17.5 Å². The summed E-state index contributed by atoms with van der Waals surface area (Å²) in [6.45, 7) is 13.6. The summed E-state index contributed by atoms with van der Waals surface area (Å²) in [5.74, 6) is 2.97. The zero-order chi connectivity index (χ0) is 27.9. The van der Waals surface area contributed by atoms with Crippen molar-refractivity contribution in [3.05, 3.63) is 54.1 Å². The fourth-order valence-corrected chi connectivity index (χ4v) is 5.74. The molecule has 0 saturated carbocycles. The zero-order valence-electron chi connectivity index (χ0n) is 24.2. The molecule has 0 radical (unpaired) electrons. The summed E-state index contributed by atoms with van der Waals surface area (Å²) >= 11 is 0. The van der Waals surface area contributed by atoms with E-state index >= 15 is 0 Å². The van der Waals surface area contributed by atoms with E-state index in [0.717, 1.165) is 49.6 Å². The molecule has 6 heteroatoms. The first-order chi connectivity index (χ1) is 18.1. The van der Waals surface area contributed by atoms with Gasteiger partial charge >= 0.3 is 0 Å². The van der Waals surface area contributed by atoms with Crippen molar-refractivity contribution in [2.24, 2.45) is 28.5 Å². The molecule has 1 aromatic carbocycles. The number of ketones is 1. The van der Waals surface area contributed by atoms with Gasteiger partial charge in [0.05, 0.1) is 11.8 Å². The molecule has 1 saturated heterocycles. The van der Waals surface area contributed by atoms with E-state index in [2.05, 4.69) is 48.9 Å². The largest absolute Gasteiger partial charge is 0.485 e. The number of benzene rings is 1. The number of amides is 1. The number of allylic oxidation sites excluding steroid dienone is 2. The van der Waals surface area contributed by atoms with E-state index in [1.165, 1.54) is 6.42 Å². The van der Waals surface area contributed by atoms with Crippen molar-refractivity contribution in [2.75, 3.05) is 13.1 Å². The van der Waals surface area contributed by atoms with Gasteiger partial charge in [-0.2, -0.15) is 0 Å². The summed E-state index contributed by atoms with van der Waals surface area (Å²) in [7, 11) is 0. The van der Waals surface area contributed by atoms with Gasteiger partial charge < -0.3 is 15.4 Å². The molecule has 3 aliphatic rings. The lowest BCUT2D eigenvalue weighted by molar-refractivity contribution is -0.136. The van der Waals surface area contributed by atoms with Crippen LogP contribution >= 0.6 is 0 Å². The highest BCUT2D eigenvalue weighted by molar-refractivity contribution is 5.90. The number of nitrogens with two attached hydrogens (primary N) is 1. The number of hydrogen-bond donors (Lipinski definition) is 1. The molecule has 38 heavy (non-hydrogen) atoms. The Balaban J connectivity index is 0.000000247. The highest BCUT2D eigenvalue weighted by atomic mass is 16.5. The number of Topliss-reactive ketones (excluding diaryl/α,β-unsaturated/α-hetero) is 1. The molecule has 1 amide bonds. The SMILES string of the molecule is CCC(N)=NC(C)(CC(C)C)C(C)=O.CCC1CCN(C(=O)C2c3ccccc3OC3C=CC=CC32)CC1. The molecule has 1 aromatic rings. The van der Waals surface area contributed by atoms with Crippen molar-refractivity contribution in [3.63, 3.8) is 0 Å². The Hall–Kier alpha value is -2.89. The van der Waals surface area contributed by atoms with Crippen molar-refractivity contribution in [1.29, 1.82) is 0 Å². The maximum atomic E-state index is 13.4. The highest BCUT2D eigenvalue weighted by Gasteiger charge is 2.42. The average Bonchev–Trinajstić information content (AvgIpc) is 2.91. The Morgan fingerprint density at radius 1 is 1.13 bits per heavy atom. The Morgan fingerprint density at radius 2 is 1.79 bits per heavy atom. The summed E-state index contributed by atoms with van der Waals surface area (Å²) < 4.78 is 6.13. The maximum Gasteiger partial charge on any atom is 0.231 e. The van der Waals surface area contributed by atoms with E-state index in [4.69, 9.17) is 10.5 Å². The third-order valence-electron chi connectivity index (χ3n) is 8.11. The lowest BCUT2D eigenvalue weighted by Gasteiger charge is -2.41. The van der Waals surface area contributed by atoms with E-state index in [9.17, 15) is 9.59 Å². The molecule has 4 unspecified atom stereocenters. The highest BCUT2D eigenvalue weighted by Crippen LogP contribution is 2.43. The fraction of sp³-hybridized carbons (Fsp3) is 0.594. The van der Waals surface area contributed by atoms with Crippen molar-refractivity contribution < 1.29 is 14.3 Å². The Morgan fingerprint density at radius 3 is 2.39 bits per heavy atom. The molecule has 0 aromatic heterocycles. The smallest absolute Gasteiger partial charge is 0.231 e. The van der Waals surface area contributed by atoms with Gasteiger partial charge in [-0.05, 0) is 57.1 Å². The molecule has 2 N–H and O–H groups in total. The van der Waals surface area contributed by atoms with Gasteiger partial charge in [0.15, 0.2) is 5.78 Å². The van der Waals surface area contributed by atoms with Crippen LogP contribution in [0, 0.1) is 17.8 Å². The number of amidine groups is 1. The number of para-hydroxylation sites is 1. The van der Waals surface area contributed by atoms with Crippen LogP contribution in [0.5, 0.6) is 5.75 Å². The van der Waals surface area contributed by atoms with E-state index in [1.54, 1.807) is 6.92 Å². The molecule has 2 heterocycles. The molecule has 1 fully saturated rings. The van der Waals surface area contributed by atoms with Crippen LogP contribution in [0.2, 0.25) is 0 Å². The van der Waals surface area contributed by atoms with Gasteiger partial charge in [0.1, 0.15) is 17.4 Å². The molecule has 208 valence electrons. The van der Waals surface area contributed by atoms with E-state index in [-0.39, 0.29) is 29.6 Å². The normalized spacial score (nSPS) is 24.4. The van der Waals surface area contributed by atoms with Gasteiger partial charge in [-0.3, -0.25) is 14.6 Å². The fourth-order valence-electron chi connectivity index (χ4n) is 5.74. The van der Waals surface area contributed by atoms with E-state index in [1.807, 2.05) is 44.2 Å². The second-order valence-electron chi connectivity index (χ2n) is 11.5. The molecular weight excluding hydrogens is 474 g/mol. The summed E-state index contributed by atoms with van der Waals surface area (Å²) in [5.41, 5.74) is 6.08. The van der Waals surface area contributed by atoms with E-state index in [0.29, 0.717) is 18.2 Å². The van der Waals surface area contributed by atoms with Gasteiger partial charge in [0.2, 0.25) is 5.91 Å². The number of fused-ring (bicyclic) bond motifs is 2. The number of carbonyl (C=O) groups is 2. The molecule has 2 aliphatic heterocycles. The van der Waals surface area contributed by atoms with Crippen LogP contribution in [-0.2, 0) is 9.59 Å². The van der Waals surface area contributed by atoms with Crippen molar-refractivity contribution in [2.45, 2.75) is 91.2 Å². The lowest BCUT2D eigenvalue weighted by atomic mass is 9.77. The molecule has 4 rings (SSSR count). The quantitative estimate of drug-likeness (QED) is 0.349. The van der Waals surface area contributed by atoms with Crippen LogP contribution in [0.1, 0.15) is 85.1 Å². The predicted octanol–water partition coefficient (Wildman–Crippen LogP) is 6.07. The third kappa shape index (κ3) is 7.15. The Kier molecular flexibility index (Phi) is 10.3. The molecular formula is C32H47N3O3. The minimum atomic E-state index is -0.631. The van der Waals surface area contributed by atoms with Crippen molar-refractivity contribution in [3.8, 4) is 5.75 Å². The van der Waals surface area contributed by atoms with Crippen LogP contribution < -0.4 is 10.5 Å². The second kappa shape index (κ2) is 13.3. The first-order valence-electron chi connectivity index (χ1n) is 14.3. The number of hydrogen-bond acceptors (Lipinski definition) is 4.